The molecule has 0 saturated carbocycles. The molecule has 0 spiro atoms. The number of allylic oxidation sites excluding steroid dienone is 2. The van der Waals surface area contributed by atoms with Crippen molar-refractivity contribution in [3.05, 3.63) is 162 Å². The molecule has 0 N–H and O–H groups in total. The van der Waals surface area contributed by atoms with Crippen LogP contribution < -0.4 is 0 Å². The molecule has 2 aliphatic rings. The number of furan rings is 1. The SMILES string of the molecule is C1=Cc2cc(-c3nc(-c4cccc5c(-c6cccc7oc8ccccc8c67)cccc45)nc(C4C=Cc5ccccc5C4)n3)ccc2CC1. The van der Waals surface area contributed by atoms with E-state index in [-0.39, 0.29) is 5.92 Å². The third-order valence-corrected chi connectivity index (χ3v) is 10.1. The Hall–Kier alpha value is -6.13. The van der Waals surface area contributed by atoms with Crippen molar-refractivity contribution in [3.8, 4) is 33.9 Å². The van der Waals surface area contributed by atoms with Crippen LogP contribution >= 0.6 is 0 Å². The van der Waals surface area contributed by atoms with Crippen molar-refractivity contribution in [2.75, 3.05) is 0 Å². The minimum atomic E-state index is 0.0467. The number of aromatic nitrogens is 3. The summed E-state index contributed by atoms with van der Waals surface area (Å²) in [5, 5.41) is 4.50. The Balaban J connectivity index is 1.17. The molecular formula is C45H31N3O. The third-order valence-electron chi connectivity index (χ3n) is 10.1. The first kappa shape index (κ1) is 27.9. The van der Waals surface area contributed by atoms with Gasteiger partial charge in [0.05, 0.1) is 0 Å². The second-order valence-corrected chi connectivity index (χ2v) is 13.0. The van der Waals surface area contributed by atoms with Gasteiger partial charge in [0, 0.05) is 27.8 Å². The fraction of sp³-hybridized carbons (Fsp3) is 0.0889. The molecule has 0 aliphatic heterocycles. The quantitative estimate of drug-likeness (QED) is 0.194. The molecule has 0 saturated heterocycles. The van der Waals surface area contributed by atoms with E-state index < -0.39 is 0 Å². The summed E-state index contributed by atoms with van der Waals surface area (Å²) < 4.78 is 6.27. The van der Waals surface area contributed by atoms with Crippen LogP contribution in [0.1, 0.15) is 40.4 Å². The summed E-state index contributed by atoms with van der Waals surface area (Å²) in [7, 11) is 0. The molecule has 0 bridgehead atoms. The monoisotopic (exact) mass is 629 g/mol. The number of nitrogens with zero attached hydrogens (tertiary/aromatic N) is 3. The van der Waals surface area contributed by atoms with E-state index in [1.165, 1.54) is 22.3 Å². The maximum atomic E-state index is 6.27. The number of hydrogen-bond acceptors (Lipinski definition) is 4. The van der Waals surface area contributed by atoms with Gasteiger partial charge in [-0.1, -0.05) is 127 Å². The lowest BCUT2D eigenvalue weighted by atomic mass is 9.89. The highest BCUT2D eigenvalue weighted by atomic mass is 16.3. The van der Waals surface area contributed by atoms with Crippen LogP contribution in [0.2, 0.25) is 0 Å². The average molecular weight is 630 g/mol. The second-order valence-electron chi connectivity index (χ2n) is 13.0. The summed E-state index contributed by atoms with van der Waals surface area (Å²) in [4.78, 5) is 15.6. The van der Waals surface area contributed by atoms with Gasteiger partial charge in [-0.05, 0) is 81.6 Å². The summed E-state index contributed by atoms with van der Waals surface area (Å²) >= 11 is 0. The van der Waals surface area contributed by atoms with Gasteiger partial charge in [0.15, 0.2) is 11.6 Å². The van der Waals surface area contributed by atoms with Crippen LogP contribution in [0, 0.1) is 0 Å². The molecule has 4 nitrogen and oxygen atoms in total. The van der Waals surface area contributed by atoms with E-state index in [1.807, 2.05) is 12.1 Å². The first-order valence-corrected chi connectivity index (χ1v) is 17.0. The van der Waals surface area contributed by atoms with E-state index in [9.17, 15) is 0 Å². The maximum absolute atomic E-state index is 6.27. The minimum Gasteiger partial charge on any atom is -0.456 e. The Morgan fingerprint density at radius 3 is 2.27 bits per heavy atom. The van der Waals surface area contributed by atoms with Gasteiger partial charge in [-0.25, -0.2) is 15.0 Å². The summed E-state index contributed by atoms with van der Waals surface area (Å²) in [6, 6.07) is 42.8. The molecule has 4 heteroatoms. The smallest absolute Gasteiger partial charge is 0.164 e. The van der Waals surface area contributed by atoms with E-state index in [2.05, 4.69) is 133 Å². The second kappa shape index (κ2) is 11.2. The Labute approximate surface area is 284 Å². The van der Waals surface area contributed by atoms with Gasteiger partial charge >= 0.3 is 0 Å². The molecule has 1 unspecified atom stereocenters. The van der Waals surface area contributed by atoms with Crippen molar-refractivity contribution in [3.63, 3.8) is 0 Å². The van der Waals surface area contributed by atoms with Crippen LogP contribution in [0.3, 0.4) is 0 Å². The average Bonchev–Trinajstić information content (AvgIpc) is 3.56. The number of aryl methyl sites for hydroxylation is 1. The van der Waals surface area contributed by atoms with Gasteiger partial charge in [0.1, 0.15) is 17.0 Å². The lowest BCUT2D eigenvalue weighted by Gasteiger charge is -2.20. The molecule has 2 aromatic heterocycles. The third kappa shape index (κ3) is 4.71. The van der Waals surface area contributed by atoms with Crippen LogP contribution in [0.25, 0.3) is 78.8 Å². The summed E-state index contributed by atoms with van der Waals surface area (Å²) in [5.41, 5.74) is 11.3. The molecule has 0 radical (unpaired) electrons. The molecule has 10 rings (SSSR count). The lowest BCUT2D eigenvalue weighted by Crippen LogP contribution is -2.12. The van der Waals surface area contributed by atoms with E-state index in [4.69, 9.17) is 19.4 Å². The highest BCUT2D eigenvalue weighted by Gasteiger charge is 2.22. The highest BCUT2D eigenvalue weighted by Crippen LogP contribution is 2.41. The van der Waals surface area contributed by atoms with Crippen LogP contribution in [0.15, 0.2) is 138 Å². The number of para-hydroxylation sites is 1. The molecule has 0 fully saturated rings. The van der Waals surface area contributed by atoms with Gasteiger partial charge in [0.2, 0.25) is 0 Å². The van der Waals surface area contributed by atoms with E-state index >= 15 is 0 Å². The van der Waals surface area contributed by atoms with Crippen molar-refractivity contribution in [2.24, 2.45) is 0 Å². The zero-order valence-electron chi connectivity index (χ0n) is 26.8. The van der Waals surface area contributed by atoms with Crippen LogP contribution in [0.5, 0.6) is 0 Å². The van der Waals surface area contributed by atoms with Crippen LogP contribution in [0.4, 0.5) is 0 Å². The Morgan fingerprint density at radius 1 is 0.551 bits per heavy atom. The zero-order chi connectivity index (χ0) is 32.3. The standard InChI is InChI=1S/C45H31N3O/c1-3-12-30-26-32(24-22-28(30)10-1)43-46-44(33-25-23-29-11-2-4-13-31(29)27-33)48-45(47-43)38-19-8-15-34-35(16-7-17-36(34)38)37-18-9-21-41-42(37)39-14-5-6-20-40(39)49-41/h1,3-10,12-25,27,32H,2,11,26H2. The number of fused-ring (bicyclic) bond motifs is 6. The lowest BCUT2D eigenvalue weighted by molar-refractivity contribution is 0.669. The molecule has 1 atom stereocenters. The summed E-state index contributed by atoms with van der Waals surface area (Å²) in [5.74, 6) is 2.24. The van der Waals surface area contributed by atoms with Crippen molar-refractivity contribution in [1.29, 1.82) is 0 Å². The van der Waals surface area contributed by atoms with E-state index in [0.29, 0.717) is 11.6 Å². The van der Waals surface area contributed by atoms with Gasteiger partial charge in [0.25, 0.3) is 0 Å². The summed E-state index contributed by atoms with van der Waals surface area (Å²) in [6.07, 6.45) is 11.9. The Bertz CT molecular complexity index is 2660. The molecular weight excluding hydrogens is 599 g/mol. The topological polar surface area (TPSA) is 51.8 Å². The zero-order valence-corrected chi connectivity index (χ0v) is 26.8. The van der Waals surface area contributed by atoms with E-state index in [0.717, 1.165) is 80.1 Å². The van der Waals surface area contributed by atoms with Crippen molar-refractivity contribution in [1.82, 2.24) is 15.0 Å². The minimum absolute atomic E-state index is 0.0467. The first-order chi connectivity index (χ1) is 24.3. The molecule has 232 valence electrons. The Kier molecular flexibility index (Phi) is 6.41. The van der Waals surface area contributed by atoms with Gasteiger partial charge < -0.3 is 4.42 Å². The van der Waals surface area contributed by atoms with Gasteiger partial charge in [-0.2, -0.15) is 0 Å². The molecule has 6 aromatic carbocycles. The summed E-state index contributed by atoms with van der Waals surface area (Å²) in [6.45, 7) is 0. The fourth-order valence-corrected chi connectivity index (χ4v) is 7.70. The number of rotatable bonds is 4. The molecule has 8 aromatic rings. The largest absolute Gasteiger partial charge is 0.456 e. The predicted octanol–water partition coefficient (Wildman–Crippen LogP) is 11.2. The Morgan fingerprint density at radius 2 is 1.31 bits per heavy atom. The molecule has 0 amide bonds. The van der Waals surface area contributed by atoms with Crippen LogP contribution in [-0.2, 0) is 12.8 Å². The molecule has 2 heterocycles. The number of hydrogen-bond donors (Lipinski definition) is 0. The normalized spacial score (nSPS) is 15.1. The van der Waals surface area contributed by atoms with E-state index in [1.54, 1.807) is 0 Å². The van der Waals surface area contributed by atoms with Crippen molar-refractivity contribution >= 4 is 44.9 Å². The van der Waals surface area contributed by atoms with Crippen LogP contribution in [-0.4, -0.2) is 15.0 Å². The predicted molar refractivity (Wildman–Crippen MR) is 200 cm³/mol. The first-order valence-electron chi connectivity index (χ1n) is 17.0. The molecule has 49 heavy (non-hydrogen) atoms. The van der Waals surface area contributed by atoms with Gasteiger partial charge in [-0.3, -0.25) is 0 Å². The molecule has 2 aliphatic carbocycles. The van der Waals surface area contributed by atoms with Crippen molar-refractivity contribution < 1.29 is 4.42 Å². The van der Waals surface area contributed by atoms with Gasteiger partial charge in [-0.15, -0.1) is 0 Å². The fourth-order valence-electron chi connectivity index (χ4n) is 7.70. The maximum Gasteiger partial charge on any atom is 0.164 e. The van der Waals surface area contributed by atoms with Crippen molar-refractivity contribution in [2.45, 2.75) is 25.2 Å². The highest BCUT2D eigenvalue weighted by molar-refractivity contribution is 6.16. The number of benzene rings is 6.